The molecule has 96 valence electrons. The van der Waals surface area contributed by atoms with Crippen molar-refractivity contribution in [2.24, 2.45) is 0 Å². The Bertz CT molecular complexity index is 555. The van der Waals surface area contributed by atoms with E-state index in [1.807, 2.05) is 6.92 Å². The standard InChI is InChI=1S/C14H19N3O/c1-3-11-8-12-14(18-10(2)16-12)13(9-11)17-6-4-15-5-7-17/h8-9,15H,3-7H2,1-2H3. The van der Waals surface area contributed by atoms with Crippen LogP contribution in [0.3, 0.4) is 0 Å². The lowest BCUT2D eigenvalue weighted by atomic mass is 10.1. The average molecular weight is 245 g/mol. The van der Waals surface area contributed by atoms with Crippen LogP contribution in [-0.4, -0.2) is 31.2 Å². The van der Waals surface area contributed by atoms with Gasteiger partial charge in [-0.2, -0.15) is 0 Å². The highest BCUT2D eigenvalue weighted by atomic mass is 16.3. The number of hydrogen-bond donors (Lipinski definition) is 1. The number of hydrogen-bond acceptors (Lipinski definition) is 4. The second kappa shape index (κ2) is 4.61. The van der Waals surface area contributed by atoms with Gasteiger partial charge in [-0.3, -0.25) is 0 Å². The fourth-order valence-corrected chi connectivity index (χ4v) is 2.53. The number of aromatic nitrogens is 1. The molecule has 2 heterocycles. The first-order chi connectivity index (χ1) is 8.78. The Morgan fingerprint density at radius 3 is 2.83 bits per heavy atom. The quantitative estimate of drug-likeness (QED) is 0.880. The molecule has 2 aromatic rings. The van der Waals surface area contributed by atoms with E-state index in [0.29, 0.717) is 0 Å². The third-order valence-corrected chi connectivity index (χ3v) is 3.50. The Morgan fingerprint density at radius 1 is 1.33 bits per heavy atom. The maximum atomic E-state index is 5.78. The van der Waals surface area contributed by atoms with Crippen LogP contribution in [-0.2, 0) is 6.42 Å². The van der Waals surface area contributed by atoms with Gasteiger partial charge in [0.15, 0.2) is 11.5 Å². The Balaban J connectivity index is 2.12. The fraction of sp³-hybridized carbons (Fsp3) is 0.500. The molecular formula is C14H19N3O. The molecule has 18 heavy (non-hydrogen) atoms. The zero-order valence-corrected chi connectivity index (χ0v) is 11.0. The summed E-state index contributed by atoms with van der Waals surface area (Å²) in [5.74, 6) is 0.745. The van der Waals surface area contributed by atoms with Gasteiger partial charge in [-0.25, -0.2) is 4.98 Å². The van der Waals surface area contributed by atoms with Crippen molar-refractivity contribution in [3.8, 4) is 0 Å². The molecule has 1 N–H and O–H groups in total. The van der Waals surface area contributed by atoms with Crippen molar-refractivity contribution in [3.63, 3.8) is 0 Å². The third-order valence-electron chi connectivity index (χ3n) is 3.50. The number of nitrogens with zero attached hydrogens (tertiary/aromatic N) is 2. The number of oxazole rings is 1. The van der Waals surface area contributed by atoms with Gasteiger partial charge in [-0.05, 0) is 24.1 Å². The first-order valence-corrected chi connectivity index (χ1v) is 6.63. The van der Waals surface area contributed by atoms with Gasteiger partial charge in [0, 0.05) is 33.1 Å². The van der Waals surface area contributed by atoms with Gasteiger partial charge in [0.05, 0.1) is 5.69 Å². The predicted molar refractivity (Wildman–Crippen MR) is 73.2 cm³/mol. The van der Waals surface area contributed by atoms with E-state index in [2.05, 4.69) is 34.3 Å². The predicted octanol–water partition coefficient (Wildman–Crippen LogP) is 2.11. The minimum atomic E-state index is 0.745. The largest absolute Gasteiger partial charge is 0.439 e. The molecule has 4 nitrogen and oxygen atoms in total. The van der Waals surface area contributed by atoms with Crippen LogP contribution in [0, 0.1) is 6.92 Å². The second-order valence-corrected chi connectivity index (χ2v) is 4.79. The van der Waals surface area contributed by atoms with Gasteiger partial charge in [-0.15, -0.1) is 0 Å². The van der Waals surface area contributed by atoms with E-state index < -0.39 is 0 Å². The monoisotopic (exact) mass is 245 g/mol. The summed E-state index contributed by atoms with van der Waals surface area (Å²) in [6.07, 6.45) is 1.03. The van der Waals surface area contributed by atoms with Gasteiger partial charge in [0.1, 0.15) is 5.52 Å². The third kappa shape index (κ3) is 1.97. The van der Waals surface area contributed by atoms with Crippen molar-refractivity contribution in [2.75, 3.05) is 31.1 Å². The molecule has 0 bridgehead atoms. The number of aryl methyl sites for hydroxylation is 2. The topological polar surface area (TPSA) is 41.3 Å². The molecule has 4 heteroatoms. The first kappa shape index (κ1) is 11.5. The number of nitrogens with one attached hydrogen (secondary N) is 1. The van der Waals surface area contributed by atoms with Gasteiger partial charge in [0.2, 0.25) is 0 Å². The molecule has 1 aliphatic heterocycles. The number of piperazine rings is 1. The SMILES string of the molecule is CCc1cc(N2CCNCC2)c2oc(C)nc2c1. The highest BCUT2D eigenvalue weighted by Gasteiger charge is 2.17. The maximum absolute atomic E-state index is 5.78. The summed E-state index contributed by atoms with van der Waals surface area (Å²) >= 11 is 0. The average Bonchev–Trinajstić information content (AvgIpc) is 2.78. The van der Waals surface area contributed by atoms with E-state index in [4.69, 9.17) is 4.42 Å². The lowest BCUT2D eigenvalue weighted by molar-refractivity contribution is 0.552. The lowest BCUT2D eigenvalue weighted by Gasteiger charge is -2.29. The van der Waals surface area contributed by atoms with Crippen LogP contribution in [0.25, 0.3) is 11.1 Å². The van der Waals surface area contributed by atoms with Crippen LogP contribution in [0.2, 0.25) is 0 Å². The van der Waals surface area contributed by atoms with E-state index in [1.54, 1.807) is 0 Å². The summed E-state index contributed by atoms with van der Waals surface area (Å²) in [6, 6.07) is 4.38. The highest BCUT2D eigenvalue weighted by Crippen LogP contribution is 2.29. The normalized spacial score (nSPS) is 16.4. The second-order valence-electron chi connectivity index (χ2n) is 4.79. The van der Waals surface area contributed by atoms with Crippen LogP contribution < -0.4 is 10.2 Å². The summed E-state index contributed by atoms with van der Waals surface area (Å²) in [5.41, 5.74) is 4.45. The summed E-state index contributed by atoms with van der Waals surface area (Å²) in [5, 5.41) is 3.38. The van der Waals surface area contributed by atoms with E-state index in [9.17, 15) is 0 Å². The van der Waals surface area contributed by atoms with Crippen LogP contribution in [0.1, 0.15) is 18.4 Å². The Labute approximate surface area is 107 Å². The summed E-state index contributed by atoms with van der Waals surface area (Å²) < 4.78 is 5.78. The van der Waals surface area contributed by atoms with Crippen molar-refractivity contribution in [1.82, 2.24) is 10.3 Å². The van der Waals surface area contributed by atoms with E-state index in [-0.39, 0.29) is 0 Å². The molecule has 1 aromatic carbocycles. The molecule has 0 atom stereocenters. The minimum absolute atomic E-state index is 0.745. The fourth-order valence-electron chi connectivity index (χ4n) is 2.53. The summed E-state index contributed by atoms with van der Waals surface area (Å²) in [7, 11) is 0. The molecule has 1 aromatic heterocycles. The molecular weight excluding hydrogens is 226 g/mol. The molecule has 0 spiro atoms. The molecule has 0 radical (unpaired) electrons. The van der Waals surface area contributed by atoms with E-state index >= 15 is 0 Å². The molecule has 3 rings (SSSR count). The van der Waals surface area contributed by atoms with E-state index in [0.717, 1.165) is 49.6 Å². The number of fused-ring (bicyclic) bond motifs is 1. The Kier molecular flexibility index (Phi) is 2.96. The smallest absolute Gasteiger partial charge is 0.192 e. The number of benzene rings is 1. The van der Waals surface area contributed by atoms with Gasteiger partial charge >= 0.3 is 0 Å². The molecule has 1 fully saturated rings. The number of rotatable bonds is 2. The molecule has 1 saturated heterocycles. The Hall–Kier alpha value is -1.55. The van der Waals surface area contributed by atoms with Crippen molar-refractivity contribution >= 4 is 16.8 Å². The van der Waals surface area contributed by atoms with Crippen LogP contribution in [0.4, 0.5) is 5.69 Å². The van der Waals surface area contributed by atoms with Crippen molar-refractivity contribution < 1.29 is 4.42 Å². The van der Waals surface area contributed by atoms with E-state index in [1.165, 1.54) is 11.3 Å². The first-order valence-electron chi connectivity index (χ1n) is 6.63. The molecule has 0 unspecified atom stereocenters. The molecule has 1 aliphatic rings. The van der Waals surface area contributed by atoms with Crippen LogP contribution in [0.5, 0.6) is 0 Å². The summed E-state index contributed by atoms with van der Waals surface area (Å²) in [4.78, 5) is 6.86. The molecule has 0 aliphatic carbocycles. The van der Waals surface area contributed by atoms with Crippen molar-refractivity contribution in [2.45, 2.75) is 20.3 Å². The number of anilines is 1. The maximum Gasteiger partial charge on any atom is 0.192 e. The van der Waals surface area contributed by atoms with Gasteiger partial charge in [0.25, 0.3) is 0 Å². The van der Waals surface area contributed by atoms with Gasteiger partial charge in [-0.1, -0.05) is 6.92 Å². The highest BCUT2D eigenvalue weighted by molar-refractivity contribution is 5.88. The van der Waals surface area contributed by atoms with Crippen LogP contribution in [0.15, 0.2) is 16.5 Å². The minimum Gasteiger partial charge on any atom is -0.439 e. The van der Waals surface area contributed by atoms with Crippen molar-refractivity contribution in [1.29, 1.82) is 0 Å². The van der Waals surface area contributed by atoms with Crippen molar-refractivity contribution in [3.05, 3.63) is 23.6 Å². The Morgan fingerprint density at radius 2 is 2.11 bits per heavy atom. The van der Waals surface area contributed by atoms with Crippen LogP contribution >= 0.6 is 0 Å². The summed E-state index contributed by atoms with van der Waals surface area (Å²) in [6.45, 7) is 8.21. The lowest BCUT2D eigenvalue weighted by Crippen LogP contribution is -2.43. The zero-order chi connectivity index (χ0) is 12.5. The van der Waals surface area contributed by atoms with Gasteiger partial charge < -0.3 is 14.6 Å². The zero-order valence-electron chi connectivity index (χ0n) is 11.0. The molecule has 0 amide bonds. The molecule has 0 saturated carbocycles.